The smallest absolute Gasteiger partial charge is 0.230 e. The molecule has 100 valence electrons. The normalized spacial score (nSPS) is 10.1. The van der Waals surface area contributed by atoms with Crippen LogP contribution in [0.15, 0.2) is 24.3 Å². The van der Waals surface area contributed by atoms with E-state index in [1.165, 1.54) is 0 Å². The molecule has 0 radical (unpaired) electrons. The minimum atomic E-state index is 0.107. The molecule has 1 aromatic rings. The van der Waals surface area contributed by atoms with E-state index in [-0.39, 0.29) is 5.91 Å². The van der Waals surface area contributed by atoms with Crippen LogP contribution in [0.4, 0.5) is 0 Å². The monoisotopic (exact) mass is 267 g/mol. The van der Waals surface area contributed by atoms with Crippen molar-refractivity contribution >= 4 is 17.7 Å². The minimum absolute atomic E-state index is 0.107. The van der Waals surface area contributed by atoms with Gasteiger partial charge < -0.3 is 10.1 Å². The Morgan fingerprint density at radius 1 is 1.33 bits per heavy atom. The fourth-order valence-electron chi connectivity index (χ4n) is 1.49. The van der Waals surface area contributed by atoms with Crippen molar-refractivity contribution in [3.05, 3.63) is 29.8 Å². The largest absolute Gasteiger partial charge is 0.494 e. The SMILES string of the molecule is CCCNC(=O)CSCc1ccccc1OCC. The molecule has 0 bridgehead atoms. The highest BCUT2D eigenvalue weighted by atomic mass is 32.2. The second kappa shape index (κ2) is 8.86. The van der Waals surface area contributed by atoms with E-state index in [0.717, 1.165) is 30.0 Å². The lowest BCUT2D eigenvalue weighted by Gasteiger charge is -2.09. The highest BCUT2D eigenvalue weighted by Crippen LogP contribution is 2.22. The summed E-state index contributed by atoms with van der Waals surface area (Å²) in [5.74, 6) is 2.33. The molecule has 4 heteroatoms. The lowest BCUT2D eigenvalue weighted by molar-refractivity contribution is -0.118. The molecule has 1 amide bonds. The van der Waals surface area contributed by atoms with Crippen LogP contribution < -0.4 is 10.1 Å². The zero-order valence-electron chi connectivity index (χ0n) is 11.1. The Kier molecular flexibility index (Phi) is 7.34. The van der Waals surface area contributed by atoms with Crippen molar-refractivity contribution in [1.29, 1.82) is 0 Å². The van der Waals surface area contributed by atoms with E-state index in [1.807, 2.05) is 38.1 Å². The molecule has 0 spiro atoms. The summed E-state index contributed by atoms with van der Waals surface area (Å²) >= 11 is 1.61. The van der Waals surface area contributed by atoms with Crippen LogP contribution in [0.25, 0.3) is 0 Å². The number of amides is 1. The predicted octanol–water partition coefficient (Wildman–Crippen LogP) is 2.84. The van der Waals surface area contributed by atoms with Crippen LogP contribution in [0.5, 0.6) is 5.75 Å². The van der Waals surface area contributed by atoms with E-state index in [4.69, 9.17) is 4.74 Å². The molecule has 1 aromatic carbocycles. The van der Waals surface area contributed by atoms with E-state index >= 15 is 0 Å². The number of ether oxygens (including phenoxy) is 1. The third kappa shape index (κ3) is 5.45. The zero-order chi connectivity index (χ0) is 13.2. The van der Waals surface area contributed by atoms with Crippen molar-refractivity contribution in [3.63, 3.8) is 0 Å². The lowest BCUT2D eigenvalue weighted by atomic mass is 10.2. The highest BCUT2D eigenvalue weighted by molar-refractivity contribution is 7.99. The number of benzene rings is 1. The van der Waals surface area contributed by atoms with Crippen LogP contribution in [0.1, 0.15) is 25.8 Å². The molecule has 3 nitrogen and oxygen atoms in total. The Bertz CT molecular complexity index is 369. The maximum atomic E-state index is 11.4. The van der Waals surface area contributed by atoms with Gasteiger partial charge in [-0.15, -0.1) is 11.8 Å². The average molecular weight is 267 g/mol. The van der Waals surface area contributed by atoms with Crippen LogP contribution in [0.3, 0.4) is 0 Å². The van der Waals surface area contributed by atoms with Gasteiger partial charge in [0.15, 0.2) is 0 Å². The highest BCUT2D eigenvalue weighted by Gasteiger charge is 2.04. The fraction of sp³-hybridized carbons (Fsp3) is 0.500. The van der Waals surface area contributed by atoms with Crippen molar-refractivity contribution in [2.75, 3.05) is 18.9 Å². The topological polar surface area (TPSA) is 38.3 Å². The molecule has 0 saturated heterocycles. The molecular formula is C14H21NO2S. The summed E-state index contributed by atoms with van der Waals surface area (Å²) in [4.78, 5) is 11.4. The molecule has 0 aromatic heterocycles. The first-order chi connectivity index (χ1) is 8.77. The van der Waals surface area contributed by atoms with Gasteiger partial charge in [-0.25, -0.2) is 0 Å². The van der Waals surface area contributed by atoms with Crippen molar-refractivity contribution < 1.29 is 9.53 Å². The summed E-state index contributed by atoms with van der Waals surface area (Å²) in [6.45, 7) is 5.45. The Balaban J connectivity index is 2.36. The molecule has 0 aliphatic carbocycles. The summed E-state index contributed by atoms with van der Waals surface area (Å²) in [7, 11) is 0. The number of rotatable bonds is 8. The standard InChI is InChI=1S/C14H21NO2S/c1-3-9-15-14(16)11-18-10-12-7-5-6-8-13(12)17-4-2/h5-8H,3-4,9-11H2,1-2H3,(H,15,16). The van der Waals surface area contributed by atoms with Crippen LogP contribution in [-0.2, 0) is 10.5 Å². The van der Waals surface area contributed by atoms with Gasteiger partial charge in [-0.2, -0.15) is 0 Å². The molecule has 1 rings (SSSR count). The summed E-state index contributed by atoms with van der Waals surface area (Å²) < 4.78 is 5.55. The predicted molar refractivity (Wildman–Crippen MR) is 77.1 cm³/mol. The van der Waals surface area contributed by atoms with Gasteiger partial charge in [0, 0.05) is 17.9 Å². The number of thioether (sulfide) groups is 1. The van der Waals surface area contributed by atoms with E-state index in [9.17, 15) is 4.79 Å². The molecule has 0 unspecified atom stereocenters. The first-order valence-electron chi connectivity index (χ1n) is 6.33. The second-order valence-electron chi connectivity index (χ2n) is 3.88. The Morgan fingerprint density at radius 3 is 2.83 bits per heavy atom. The van der Waals surface area contributed by atoms with Gasteiger partial charge >= 0.3 is 0 Å². The molecule has 1 N–H and O–H groups in total. The maximum Gasteiger partial charge on any atom is 0.230 e. The van der Waals surface area contributed by atoms with Gasteiger partial charge in [-0.05, 0) is 19.4 Å². The summed E-state index contributed by atoms with van der Waals surface area (Å²) in [5.41, 5.74) is 1.15. The Hall–Kier alpha value is -1.16. The molecular weight excluding hydrogens is 246 g/mol. The quantitative estimate of drug-likeness (QED) is 0.787. The van der Waals surface area contributed by atoms with Crippen molar-refractivity contribution in [1.82, 2.24) is 5.32 Å². The third-order valence-electron chi connectivity index (χ3n) is 2.34. The van der Waals surface area contributed by atoms with Gasteiger partial charge in [-0.3, -0.25) is 4.79 Å². The molecule has 0 saturated carbocycles. The first-order valence-corrected chi connectivity index (χ1v) is 7.48. The second-order valence-corrected chi connectivity index (χ2v) is 4.87. The molecule has 0 aliphatic heterocycles. The van der Waals surface area contributed by atoms with Gasteiger partial charge in [0.2, 0.25) is 5.91 Å². The summed E-state index contributed by atoms with van der Waals surface area (Å²) in [6, 6.07) is 7.97. The van der Waals surface area contributed by atoms with E-state index in [2.05, 4.69) is 5.32 Å². The van der Waals surface area contributed by atoms with E-state index < -0.39 is 0 Å². The molecule has 0 fully saturated rings. The number of para-hydroxylation sites is 1. The van der Waals surface area contributed by atoms with Crippen LogP contribution in [-0.4, -0.2) is 24.8 Å². The Labute approximate surface area is 113 Å². The number of carbonyl (C=O) groups excluding carboxylic acids is 1. The van der Waals surface area contributed by atoms with Crippen molar-refractivity contribution in [2.24, 2.45) is 0 Å². The summed E-state index contributed by atoms with van der Waals surface area (Å²) in [6.07, 6.45) is 0.976. The van der Waals surface area contributed by atoms with E-state index in [0.29, 0.717) is 12.4 Å². The first kappa shape index (κ1) is 14.9. The number of nitrogens with one attached hydrogen (secondary N) is 1. The van der Waals surface area contributed by atoms with Gasteiger partial charge in [-0.1, -0.05) is 25.1 Å². The number of carbonyl (C=O) groups is 1. The average Bonchev–Trinajstić information content (AvgIpc) is 2.38. The Morgan fingerprint density at radius 2 is 2.11 bits per heavy atom. The van der Waals surface area contributed by atoms with Gasteiger partial charge in [0.25, 0.3) is 0 Å². The van der Waals surface area contributed by atoms with Crippen LogP contribution in [0, 0.1) is 0 Å². The molecule has 0 heterocycles. The van der Waals surface area contributed by atoms with Crippen LogP contribution in [0.2, 0.25) is 0 Å². The number of hydrogen-bond donors (Lipinski definition) is 1. The summed E-state index contributed by atoms with van der Waals surface area (Å²) in [5, 5.41) is 2.87. The molecule has 18 heavy (non-hydrogen) atoms. The minimum Gasteiger partial charge on any atom is -0.494 e. The fourth-order valence-corrected chi connectivity index (χ4v) is 2.34. The number of hydrogen-bond acceptors (Lipinski definition) is 3. The maximum absolute atomic E-state index is 11.4. The van der Waals surface area contributed by atoms with Crippen molar-refractivity contribution in [3.8, 4) is 5.75 Å². The van der Waals surface area contributed by atoms with Crippen molar-refractivity contribution in [2.45, 2.75) is 26.0 Å². The molecule has 0 aliphatic rings. The lowest BCUT2D eigenvalue weighted by Crippen LogP contribution is -2.25. The van der Waals surface area contributed by atoms with Gasteiger partial charge in [0.05, 0.1) is 12.4 Å². The third-order valence-corrected chi connectivity index (χ3v) is 3.32. The van der Waals surface area contributed by atoms with Crippen LogP contribution >= 0.6 is 11.8 Å². The van der Waals surface area contributed by atoms with Gasteiger partial charge in [0.1, 0.15) is 5.75 Å². The van der Waals surface area contributed by atoms with E-state index in [1.54, 1.807) is 11.8 Å². The molecule has 0 atom stereocenters. The zero-order valence-corrected chi connectivity index (χ0v) is 11.9.